The molecular formula is C17H20N2. The van der Waals surface area contributed by atoms with Crippen LogP contribution in [0.25, 0.3) is 0 Å². The lowest BCUT2D eigenvalue weighted by molar-refractivity contribution is 0.462. The van der Waals surface area contributed by atoms with Crippen LogP contribution in [0.15, 0.2) is 42.6 Å². The summed E-state index contributed by atoms with van der Waals surface area (Å²) in [5.41, 5.74) is 4.02. The largest absolute Gasteiger partial charge is 0.322 e. The summed E-state index contributed by atoms with van der Waals surface area (Å²) in [4.78, 5) is 7.01. The number of para-hydroxylation sites is 1. The van der Waals surface area contributed by atoms with Gasteiger partial charge in [0.05, 0.1) is 0 Å². The molecule has 19 heavy (non-hydrogen) atoms. The summed E-state index contributed by atoms with van der Waals surface area (Å²) in [5, 5.41) is 0. The molecule has 3 rings (SSSR count). The standard InChI is InChI=1S/C17H20N2/c1-12-8-5-6-10-15(12)19-13(2)17(3,4)14-9-7-11-18-16(14)19/h5-11,13H,1-4H3/t13-/m0/s1. The third kappa shape index (κ3) is 1.66. The van der Waals surface area contributed by atoms with E-state index in [0.717, 1.165) is 5.82 Å². The zero-order valence-corrected chi connectivity index (χ0v) is 12.0. The van der Waals surface area contributed by atoms with E-state index in [2.05, 4.69) is 67.9 Å². The van der Waals surface area contributed by atoms with Gasteiger partial charge in [-0.3, -0.25) is 0 Å². The fourth-order valence-electron chi connectivity index (χ4n) is 2.98. The average molecular weight is 252 g/mol. The van der Waals surface area contributed by atoms with Crippen LogP contribution in [-0.2, 0) is 5.41 Å². The molecule has 0 spiro atoms. The summed E-state index contributed by atoms with van der Waals surface area (Å²) in [5.74, 6) is 1.11. The third-order valence-corrected chi connectivity index (χ3v) is 4.52. The molecule has 1 atom stereocenters. The van der Waals surface area contributed by atoms with Crippen molar-refractivity contribution in [3.8, 4) is 0 Å². The van der Waals surface area contributed by atoms with Gasteiger partial charge in [0.15, 0.2) is 0 Å². The maximum atomic E-state index is 4.63. The van der Waals surface area contributed by atoms with Gasteiger partial charge in [-0.2, -0.15) is 0 Å². The zero-order chi connectivity index (χ0) is 13.6. The third-order valence-electron chi connectivity index (χ3n) is 4.52. The zero-order valence-electron chi connectivity index (χ0n) is 12.0. The number of benzene rings is 1. The summed E-state index contributed by atoms with van der Waals surface area (Å²) in [6, 6.07) is 13.2. The number of hydrogen-bond donors (Lipinski definition) is 0. The number of fused-ring (bicyclic) bond motifs is 1. The Labute approximate surface area is 115 Å². The van der Waals surface area contributed by atoms with Gasteiger partial charge in [0, 0.05) is 28.9 Å². The smallest absolute Gasteiger partial charge is 0.137 e. The molecule has 2 aromatic rings. The van der Waals surface area contributed by atoms with E-state index in [0.29, 0.717) is 6.04 Å². The maximum absolute atomic E-state index is 4.63. The highest BCUT2D eigenvalue weighted by Crippen LogP contribution is 2.47. The van der Waals surface area contributed by atoms with E-state index in [1.54, 1.807) is 0 Å². The molecule has 0 amide bonds. The quantitative estimate of drug-likeness (QED) is 0.756. The molecule has 2 heteroatoms. The van der Waals surface area contributed by atoms with Crippen LogP contribution < -0.4 is 4.90 Å². The molecule has 2 nitrogen and oxygen atoms in total. The fraction of sp³-hybridized carbons (Fsp3) is 0.353. The molecule has 0 unspecified atom stereocenters. The van der Waals surface area contributed by atoms with Crippen LogP contribution in [0.4, 0.5) is 11.5 Å². The first-order valence-electron chi connectivity index (χ1n) is 6.84. The van der Waals surface area contributed by atoms with Gasteiger partial charge in [0.25, 0.3) is 0 Å². The topological polar surface area (TPSA) is 16.1 Å². The maximum Gasteiger partial charge on any atom is 0.137 e. The molecule has 0 saturated carbocycles. The minimum atomic E-state index is 0.117. The number of anilines is 2. The van der Waals surface area contributed by atoms with Gasteiger partial charge in [0.2, 0.25) is 0 Å². The lowest BCUT2D eigenvalue weighted by Gasteiger charge is -2.31. The van der Waals surface area contributed by atoms with Gasteiger partial charge >= 0.3 is 0 Å². The molecule has 0 fully saturated rings. The van der Waals surface area contributed by atoms with Crippen molar-refractivity contribution >= 4 is 11.5 Å². The molecule has 98 valence electrons. The van der Waals surface area contributed by atoms with E-state index in [-0.39, 0.29) is 5.41 Å². The van der Waals surface area contributed by atoms with Gasteiger partial charge in [-0.15, -0.1) is 0 Å². The second kappa shape index (κ2) is 4.09. The SMILES string of the molecule is Cc1ccccc1N1c2ncccc2C(C)(C)[C@@H]1C. The van der Waals surface area contributed by atoms with Gasteiger partial charge in [-0.1, -0.05) is 38.1 Å². The van der Waals surface area contributed by atoms with E-state index in [1.807, 2.05) is 12.3 Å². The van der Waals surface area contributed by atoms with Crippen LogP contribution in [0.5, 0.6) is 0 Å². The van der Waals surface area contributed by atoms with Crippen molar-refractivity contribution in [1.29, 1.82) is 0 Å². The fourth-order valence-corrected chi connectivity index (χ4v) is 2.98. The molecule has 1 aliphatic rings. The van der Waals surface area contributed by atoms with Gasteiger partial charge in [-0.05, 0) is 31.5 Å². The highest BCUT2D eigenvalue weighted by molar-refractivity contribution is 5.72. The molecule has 1 aliphatic heterocycles. The number of rotatable bonds is 1. The van der Waals surface area contributed by atoms with Crippen molar-refractivity contribution in [3.63, 3.8) is 0 Å². The summed E-state index contributed by atoms with van der Waals surface area (Å²) >= 11 is 0. The predicted molar refractivity (Wildman–Crippen MR) is 80.0 cm³/mol. The molecule has 0 saturated heterocycles. The summed E-state index contributed by atoms with van der Waals surface area (Å²) in [6.07, 6.45) is 1.89. The Morgan fingerprint density at radius 3 is 2.58 bits per heavy atom. The van der Waals surface area contributed by atoms with E-state index in [4.69, 9.17) is 0 Å². The summed E-state index contributed by atoms with van der Waals surface area (Å²) < 4.78 is 0. The Morgan fingerprint density at radius 2 is 1.84 bits per heavy atom. The van der Waals surface area contributed by atoms with Crippen LogP contribution in [0.1, 0.15) is 31.9 Å². The molecular weight excluding hydrogens is 232 g/mol. The Balaban J connectivity index is 2.21. The summed E-state index contributed by atoms with van der Waals surface area (Å²) in [6.45, 7) is 9.05. The van der Waals surface area contributed by atoms with Crippen molar-refractivity contribution in [3.05, 3.63) is 53.7 Å². The molecule has 0 N–H and O–H groups in total. The first-order chi connectivity index (χ1) is 9.03. The molecule has 0 aliphatic carbocycles. The van der Waals surface area contributed by atoms with Crippen molar-refractivity contribution in [2.45, 2.75) is 39.2 Å². The molecule has 0 radical (unpaired) electrons. The number of aromatic nitrogens is 1. The molecule has 2 heterocycles. The number of hydrogen-bond acceptors (Lipinski definition) is 2. The Morgan fingerprint density at radius 1 is 1.11 bits per heavy atom. The van der Waals surface area contributed by atoms with Crippen LogP contribution >= 0.6 is 0 Å². The van der Waals surface area contributed by atoms with E-state index in [1.165, 1.54) is 16.8 Å². The van der Waals surface area contributed by atoms with E-state index >= 15 is 0 Å². The van der Waals surface area contributed by atoms with E-state index < -0.39 is 0 Å². The summed E-state index contributed by atoms with van der Waals surface area (Å²) in [7, 11) is 0. The first-order valence-corrected chi connectivity index (χ1v) is 6.84. The van der Waals surface area contributed by atoms with Crippen molar-refractivity contribution in [1.82, 2.24) is 4.98 Å². The molecule has 1 aromatic heterocycles. The highest BCUT2D eigenvalue weighted by atomic mass is 15.3. The van der Waals surface area contributed by atoms with Gasteiger partial charge in [-0.25, -0.2) is 4.98 Å². The lowest BCUT2D eigenvalue weighted by atomic mass is 9.82. The Hall–Kier alpha value is -1.83. The number of aryl methyl sites for hydroxylation is 1. The molecule has 1 aromatic carbocycles. The minimum Gasteiger partial charge on any atom is -0.322 e. The van der Waals surface area contributed by atoms with Crippen molar-refractivity contribution in [2.24, 2.45) is 0 Å². The van der Waals surface area contributed by atoms with Crippen LogP contribution in [0, 0.1) is 6.92 Å². The first kappa shape index (κ1) is 12.2. The Bertz CT molecular complexity index is 616. The van der Waals surface area contributed by atoms with Gasteiger partial charge < -0.3 is 4.90 Å². The molecule has 0 bridgehead atoms. The van der Waals surface area contributed by atoms with Crippen molar-refractivity contribution < 1.29 is 0 Å². The van der Waals surface area contributed by atoms with E-state index in [9.17, 15) is 0 Å². The number of nitrogens with zero attached hydrogens (tertiary/aromatic N) is 2. The second-order valence-electron chi connectivity index (χ2n) is 5.93. The average Bonchev–Trinajstić information content (AvgIpc) is 2.60. The van der Waals surface area contributed by atoms with Gasteiger partial charge in [0.1, 0.15) is 5.82 Å². The minimum absolute atomic E-state index is 0.117. The Kier molecular flexibility index (Phi) is 2.63. The second-order valence-corrected chi connectivity index (χ2v) is 5.93. The predicted octanol–water partition coefficient (Wildman–Crippen LogP) is 4.21. The normalized spacial score (nSPS) is 20.4. The monoisotopic (exact) mass is 252 g/mol. The van der Waals surface area contributed by atoms with Crippen LogP contribution in [0.3, 0.4) is 0 Å². The lowest BCUT2D eigenvalue weighted by Crippen LogP contribution is -2.36. The van der Waals surface area contributed by atoms with Crippen LogP contribution in [0.2, 0.25) is 0 Å². The number of pyridine rings is 1. The highest BCUT2D eigenvalue weighted by Gasteiger charge is 2.43. The van der Waals surface area contributed by atoms with Crippen molar-refractivity contribution in [2.75, 3.05) is 4.90 Å². The van der Waals surface area contributed by atoms with Crippen LogP contribution in [-0.4, -0.2) is 11.0 Å².